The van der Waals surface area contributed by atoms with E-state index in [4.69, 9.17) is 33.3 Å². The fourth-order valence-corrected chi connectivity index (χ4v) is 3.83. The number of fused-ring (bicyclic) bond motifs is 1. The molecular formula is C23H18ClN3O4S. The highest BCUT2D eigenvalue weighted by Crippen LogP contribution is 2.36. The van der Waals surface area contributed by atoms with Crippen molar-refractivity contribution in [1.82, 2.24) is 0 Å². The third-order valence-electron chi connectivity index (χ3n) is 4.90. The Morgan fingerprint density at radius 3 is 2.03 bits per heavy atom. The molecule has 0 radical (unpaired) electrons. The number of carbonyl (C=O) groups is 2. The molecule has 32 heavy (non-hydrogen) atoms. The summed E-state index contributed by atoms with van der Waals surface area (Å²) in [7, 11) is 3.05. The summed E-state index contributed by atoms with van der Waals surface area (Å²) in [5.74, 6) is 0.312. The standard InChI is InChI=1S/C23H18ClN3O4S/c1-30-19-12-20(31-2)18(11-17(19)24)26-23(32)25-13-7-9-14(10-8-13)27-21(28)15-5-3-4-6-16(15)22(27)29/h3-12H,1-2H3,(H2,25,26,32). The van der Waals surface area contributed by atoms with E-state index in [-0.39, 0.29) is 11.8 Å². The second kappa shape index (κ2) is 8.86. The van der Waals surface area contributed by atoms with Gasteiger partial charge in [0.15, 0.2) is 5.11 Å². The average molecular weight is 468 g/mol. The number of anilines is 3. The van der Waals surface area contributed by atoms with Crippen LogP contribution in [-0.4, -0.2) is 31.1 Å². The number of nitrogens with zero attached hydrogens (tertiary/aromatic N) is 1. The summed E-state index contributed by atoms with van der Waals surface area (Å²) in [5, 5.41) is 6.79. The first-order chi connectivity index (χ1) is 15.4. The number of imide groups is 1. The summed E-state index contributed by atoms with van der Waals surface area (Å²) in [4.78, 5) is 26.4. The molecule has 1 aliphatic rings. The Morgan fingerprint density at radius 1 is 0.875 bits per heavy atom. The quantitative estimate of drug-likeness (QED) is 0.405. The topological polar surface area (TPSA) is 79.9 Å². The van der Waals surface area contributed by atoms with Crippen LogP contribution in [0.3, 0.4) is 0 Å². The minimum atomic E-state index is -0.341. The monoisotopic (exact) mass is 467 g/mol. The predicted octanol–water partition coefficient (Wildman–Crippen LogP) is 4.97. The summed E-state index contributed by atoms with van der Waals surface area (Å²) in [6.45, 7) is 0. The van der Waals surface area contributed by atoms with E-state index in [1.165, 1.54) is 14.2 Å². The van der Waals surface area contributed by atoms with E-state index in [2.05, 4.69) is 10.6 Å². The minimum Gasteiger partial charge on any atom is -0.495 e. The highest BCUT2D eigenvalue weighted by Gasteiger charge is 2.36. The Bertz CT molecular complexity index is 1200. The molecule has 0 atom stereocenters. The number of ether oxygens (including phenoxy) is 2. The first-order valence-corrected chi connectivity index (χ1v) is 10.3. The van der Waals surface area contributed by atoms with E-state index in [1.54, 1.807) is 60.7 Å². The largest absolute Gasteiger partial charge is 0.495 e. The van der Waals surface area contributed by atoms with Crippen molar-refractivity contribution < 1.29 is 19.1 Å². The molecular weight excluding hydrogens is 450 g/mol. The van der Waals surface area contributed by atoms with Crippen molar-refractivity contribution in [2.24, 2.45) is 0 Å². The third-order valence-corrected chi connectivity index (χ3v) is 5.40. The molecule has 0 aromatic heterocycles. The third kappa shape index (κ3) is 3.98. The Hall–Kier alpha value is -3.62. The summed E-state index contributed by atoms with van der Waals surface area (Å²) < 4.78 is 10.5. The van der Waals surface area contributed by atoms with Crippen LogP contribution in [0.1, 0.15) is 20.7 Å². The van der Waals surface area contributed by atoms with Crippen molar-refractivity contribution >= 4 is 57.8 Å². The molecule has 1 heterocycles. The van der Waals surface area contributed by atoms with Crippen molar-refractivity contribution in [3.63, 3.8) is 0 Å². The van der Waals surface area contributed by atoms with Gasteiger partial charge < -0.3 is 20.1 Å². The Labute approximate surface area is 194 Å². The van der Waals surface area contributed by atoms with Crippen LogP contribution in [0.15, 0.2) is 60.7 Å². The first-order valence-electron chi connectivity index (χ1n) is 9.50. The van der Waals surface area contributed by atoms with Gasteiger partial charge in [-0.1, -0.05) is 23.7 Å². The van der Waals surface area contributed by atoms with E-state index >= 15 is 0 Å². The van der Waals surface area contributed by atoms with E-state index < -0.39 is 0 Å². The van der Waals surface area contributed by atoms with E-state index in [9.17, 15) is 9.59 Å². The molecule has 0 unspecified atom stereocenters. The lowest BCUT2D eigenvalue weighted by molar-refractivity contribution is 0.0926. The molecule has 1 aliphatic heterocycles. The molecule has 3 aromatic rings. The zero-order chi connectivity index (χ0) is 22.8. The zero-order valence-electron chi connectivity index (χ0n) is 17.1. The van der Waals surface area contributed by atoms with Gasteiger partial charge in [0.2, 0.25) is 0 Å². The summed E-state index contributed by atoms with van der Waals surface area (Å²) >= 11 is 11.6. The lowest BCUT2D eigenvalue weighted by Gasteiger charge is -2.17. The number of methoxy groups -OCH3 is 2. The van der Waals surface area contributed by atoms with Gasteiger partial charge in [0, 0.05) is 11.8 Å². The molecule has 0 spiro atoms. The number of hydrogen-bond donors (Lipinski definition) is 2. The normalized spacial score (nSPS) is 12.4. The molecule has 162 valence electrons. The second-order valence-corrected chi connectivity index (χ2v) is 7.62. The predicted molar refractivity (Wildman–Crippen MR) is 128 cm³/mol. The SMILES string of the molecule is COc1cc(OC)c(NC(=S)Nc2ccc(N3C(=O)c4ccccc4C3=O)cc2)cc1Cl. The van der Waals surface area contributed by atoms with E-state index in [1.807, 2.05) is 0 Å². The Kier molecular flexibility index (Phi) is 5.98. The second-order valence-electron chi connectivity index (χ2n) is 6.80. The van der Waals surface area contributed by atoms with Gasteiger partial charge in [0.25, 0.3) is 11.8 Å². The van der Waals surface area contributed by atoms with Crippen LogP contribution in [0.2, 0.25) is 5.02 Å². The number of benzene rings is 3. The van der Waals surface area contributed by atoms with Gasteiger partial charge in [-0.05, 0) is 54.7 Å². The fourth-order valence-electron chi connectivity index (χ4n) is 3.36. The van der Waals surface area contributed by atoms with Gasteiger partial charge in [0.1, 0.15) is 11.5 Å². The summed E-state index contributed by atoms with van der Waals surface area (Å²) in [6, 6.07) is 16.9. The van der Waals surface area contributed by atoms with Crippen LogP contribution < -0.4 is 25.0 Å². The van der Waals surface area contributed by atoms with Crippen molar-refractivity contribution in [2.45, 2.75) is 0 Å². The van der Waals surface area contributed by atoms with Crippen LogP contribution in [-0.2, 0) is 0 Å². The molecule has 2 amide bonds. The van der Waals surface area contributed by atoms with Crippen molar-refractivity contribution in [1.29, 1.82) is 0 Å². The summed E-state index contributed by atoms with van der Waals surface area (Å²) in [5.41, 5.74) is 2.51. The number of thiocarbonyl (C=S) groups is 1. The molecule has 2 N–H and O–H groups in total. The molecule has 0 fully saturated rings. The number of halogens is 1. The minimum absolute atomic E-state index is 0.304. The maximum atomic E-state index is 12.6. The van der Waals surface area contributed by atoms with Crippen molar-refractivity contribution in [3.8, 4) is 11.5 Å². The molecule has 3 aromatic carbocycles. The number of amides is 2. The van der Waals surface area contributed by atoms with Crippen LogP contribution in [0.4, 0.5) is 17.1 Å². The molecule has 0 bridgehead atoms. The van der Waals surface area contributed by atoms with Gasteiger partial charge in [-0.25, -0.2) is 4.90 Å². The lowest BCUT2D eigenvalue weighted by Crippen LogP contribution is -2.29. The smallest absolute Gasteiger partial charge is 0.266 e. The van der Waals surface area contributed by atoms with Gasteiger partial charge in [-0.3, -0.25) is 9.59 Å². The molecule has 9 heteroatoms. The van der Waals surface area contributed by atoms with Crippen LogP contribution in [0, 0.1) is 0 Å². The van der Waals surface area contributed by atoms with E-state index in [0.29, 0.717) is 49.8 Å². The number of hydrogen-bond acceptors (Lipinski definition) is 5. The number of rotatable bonds is 5. The van der Waals surface area contributed by atoms with Crippen molar-refractivity contribution in [2.75, 3.05) is 29.8 Å². The van der Waals surface area contributed by atoms with Crippen molar-refractivity contribution in [3.05, 3.63) is 76.8 Å². The fraction of sp³-hybridized carbons (Fsp3) is 0.0870. The maximum Gasteiger partial charge on any atom is 0.266 e. The van der Waals surface area contributed by atoms with Crippen LogP contribution >= 0.6 is 23.8 Å². The van der Waals surface area contributed by atoms with E-state index in [0.717, 1.165) is 4.90 Å². The zero-order valence-corrected chi connectivity index (χ0v) is 18.7. The van der Waals surface area contributed by atoms with Crippen LogP contribution in [0.25, 0.3) is 0 Å². The highest BCUT2D eigenvalue weighted by molar-refractivity contribution is 7.80. The van der Waals surface area contributed by atoms with Crippen LogP contribution in [0.5, 0.6) is 11.5 Å². The molecule has 0 saturated carbocycles. The molecule has 7 nitrogen and oxygen atoms in total. The number of nitrogens with one attached hydrogen (secondary N) is 2. The lowest BCUT2D eigenvalue weighted by atomic mass is 10.1. The maximum absolute atomic E-state index is 12.6. The van der Waals surface area contributed by atoms with Gasteiger partial charge >= 0.3 is 0 Å². The average Bonchev–Trinajstić information content (AvgIpc) is 3.05. The van der Waals surface area contributed by atoms with Gasteiger partial charge in [-0.2, -0.15) is 0 Å². The van der Waals surface area contributed by atoms with Gasteiger partial charge in [0.05, 0.1) is 41.7 Å². The Morgan fingerprint density at radius 2 is 1.47 bits per heavy atom. The first kappa shape index (κ1) is 21.6. The van der Waals surface area contributed by atoms with Gasteiger partial charge in [-0.15, -0.1) is 0 Å². The highest BCUT2D eigenvalue weighted by atomic mass is 35.5. The molecule has 0 aliphatic carbocycles. The Balaban J connectivity index is 1.47. The number of carbonyl (C=O) groups excluding carboxylic acids is 2. The molecule has 4 rings (SSSR count). The summed E-state index contributed by atoms with van der Waals surface area (Å²) in [6.07, 6.45) is 0. The molecule has 0 saturated heterocycles.